The van der Waals surface area contributed by atoms with Gasteiger partial charge in [0.1, 0.15) is 5.82 Å². The summed E-state index contributed by atoms with van der Waals surface area (Å²) in [5, 5.41) is 3.14. The first-order chi connectivity index (χ1) is 7.81. The lowest BCUT2D eigenvalue weighted by Gasteiger charge is -2.20. The number of likely N-dealkylation sites (N-methyl/N-ethyl adjacent to an activating group) is 1. The van der Waals surface area contributed by atoms with E-state index in [1.807, 2.05) is 6.07 Å². The van der Waals surface area contributed by atoms with Gasteiger partial charge in [0.2, 0.25) is 0 Å². The van der Waals surface area contributed by atoms with Gasteiger partial charge in [-0.1, -0.05) is 19.1 Å². The fourth-order valence-corrected chi connectivity index (χ4v) is 1.98. The summed E-state index contributed by atoms with van der Waals surface area (Å²) in [5.41, 5.74) is 0.606. The first-order valence-electron chi connectivity index (χ1n) is 6.03. The molecule has 1 fully saturated rings. The lowest BCUT2D eigenvalue weighted by Crippen LogP contribution is -2.31. The van der Waals surface area contributed by atoms with E-state index < -0.39 is 0 Å². The summed E-state index contributed by atoms with van der Waals surface area (Å²) in [6, 6.07) is 7.61. The molecule has 1 aromatic carbocycles. The van der Waals surface area contributed by atoms with Crippen LogP contribution in [-0.4, -0.2) is 30.6 Å². The Morgan fingerprint density at radius 3 is 2.75 bits per heavy atom. The SMILES string of the molecule is CCN(CCNc1ccccc1F)C1CC1. The van der Waals surface area contributed by atoms with Crippen LogP contribution >= 0.6 is 0 Å². The molecule has 2 rings (SSSR count). The zero-order valence-corrected chi connectivity index (χ0v) is 9.75. The Kier molecular flexibility index (Phi) is 3.78. The first-order valence-corrected chi connectivity index (χ1v) is 6.03. The summed E-state index contributed by atoms with van der Waals surface area (Å²) >= 11 is 0. The maximum atomic E-state index is 13.3. The van der Waals surface area contributed by atoms with Crippen LogP contribution in [0.25, 0.3) is 0 Å². The smallest absolute Gasteiger partial charge is 0.146 e. The van der Waals surface area contributed by atoms with E-state index in [0.717, 1.165) is 25.7 Å². The van der Waals surface area contributed by atoms with Crippen LogP contribution in [0.15, 0.2) is 24.3 Å². The molecule has 1 N–H and O–H groups in total. The van der Waals surface area contributed by atoms with E-state index in [4.69, 9.17) is 0 Å². The van der Waals surface area contributed by atoms with Gasteiger partial charge >= 0.3 is 0 Å². The Morgan fingerprint density at radius 2 is 2.12 bits per heavy atom. The summed E-state index contributed by atoms with van der Waals surface area (Å²) in [5.74, 6) is -0.169. The van der Waals surface area contributed by atoms with Crippen molar-refractivity contribution in [3.8, 4) is 0 Å². The molecule has 0 radical (unpaired) electrons. The van der Waals surface area contributed by atoms with Crippen LogP contribution in [0.3, 0.4) is 0 Å². The Labute approximate surface area is 96.5 Å². The number of benzene rings is 1. The molecule has 3 heteroatoms. The number of anilines is 1. The molecule has 16 heavy (non-hydrogen) atoms. The second-order valence-corrected chi connectivity index (χ2v) is 4.27. The van der Waals surface area contributed by atoms with Gasteiger partial charge in [-0.15, -0.1) is 0 Å². The van der Waals surface area contributed by atoms with Crippen LogP contribution in [0.4, 0.5) is 10.1 Å². The van der Waals surface area contributed by atoms with Crippen molar-refractivity contribution < 1.29 is 4.39 Å². The number of hydrogen-bond donors (Lipinski definition) is 1. The zero-order chi connectivity index (χ0) is 11.4. The Hall–Kier alpha value is -1.09. The average Bonchev–Trinajstić information content (AvgIpc) is 3.11. The second kappa shape index (κ2) is 5.30. The highest BCUT2D eigenvalue weighted by molar-refractivity contribution is 5.44. The van der Waals surface area contributed by atoms with E-state index in [0.29, 0.717) is 5.69 Å². The predicted octanol–water partition coefficient (Wildman–Crippen LogP) is 2.72. The summed E-state index contributed by atoms with van der Waals surface area (Å²) in [6.45, 7) is 5.08. The lowest BCUT2D eigenvalue weighted by molar-refractivity contribution is 0.289. The fourth-order valence-electron chi connectivity index (χ4n) is 1.98. The number of rotatable bonds is 6. The lowest BCUT2D eigenvalue weighted by atomic mass is 10.3. The first kappa shape index (κ1) is 11.4. The van der Waals surface area contributed by atoms with Crippen LogP contribution in [0, 0.1) is 5.82 Å². The Morgan fingerprint density at radius 1 is 1.38 bits per heavy atom. The highest BCUT2D eigenvalue weighted by Crippen LogP contribution is 2.26. The van der Waals surface area contributed by atoms with Crippen molar-refractivity contribution in [3.05, 3.63) is 30.1 Å². The van der Waals surface area contributed by atoms with Crippen molar-refractivity contribution in [1.29, 1.82) is 0 Å². The van der Waals surface area contributed by atoms with Crippen LogP contribution in [0.1, 0.15) is 19.8 Å². The zero-order valence-electron chi connectivity index (χ0n) is 9.75. The van der Waals surface area contributed by atoms with Crippen LogP contribution in [0.2, 0.25) is 0 Å². The monoisotopic (exact) mass is 222 g/mol. The molecular formula is C13H19FN2. The molecule has 0 unspecified atom stereocenters. The maximum absolute atomic E-state index is 13.3. The molecule has 0 bridgehead atoms. The molecule has 0 atom stereocenters. The molecule has 0 spiro atoms. The van der Waals surface area contributed by atoms with Crippen molar-refractivity contribution in [2.24, 2.45) is 0 Å². The summed E-state index contributed by atoms with van der Waals surface area (Å²) in [6.07, 6.45) is 2.65. The molecule has 0 amide bonds. The highest BCUT2D eigenvalue weighted by atomic mass is 19.1. The summed E-state index contributed by atoms with van der Waals surface area (Å²) in [4.78, 5) is 2.45. The van der Waals surface area contributed by atoms with E-state index in [2.05, 4.69) is 17.1 Å². The van der Waals surface area contributed by atoms with Crippen molar-refractivity contribution in [1.82, 2.24) is 4.90 Å². The number of hydrogen-bond acceptors (Lipinski definition) is 2. The minimum Gasteiger partial charge on any atom is -0.381 e. The molecule has 1 saturated carbocycles. The van der Waals surface area contributed by atoms with Gasteiger partial charge in [0.05, 0.1) is 5.69 Å². The number of para-hydroxylation sites is 1. The van der Waals surface area contributed by atoms with Gasteiger partial charge in [-0.25, -0.2) is 4.39 Å². The van der Waals surface area contributed by atoms with E-state index in [-0.39, 0.29) is 5.82 Å². The largest absolute Gasteiger partial charge is 0.381 e. The van der Waals surface area contributed by atoms with E-state index in [1.165, 1.54) is 18.9 Å². The molecule has 88 valence electrons. The second-order valence-electron chi connectivity index (χ2n) is 4.27. The minimum absolute atomic E-state index is 0.169. The average molecular weight is 222 g/mol. The molecule has 0 saturated heterocycles. The molecule has 0 aliphatic heterocycles. The predicted molar refractivity (Wildman–Crippen MR) is 65.2 cm³/mol. The Balaban J connectivity index is 1.77. The van der Waals surface area contributed by atoms with Crippen molar-refractivity contribution >= 4 is 5.69 Å². The van der Waals surface area contributed by atoms with E-state index in [1.54, 1.807) is 12.1 Å². The van der Waals surface area contributed by atoms with E-state index in [9.17, 15) is 4.39 Å². The van der Waals surface area contributed by atoms with Crippen LogP contribution < -0.4 is 5.32 Å². The third-order valence-corrected chi connectivity index (χ3v) is 3.06. The van der Waals surface area contributed by atoms with Gasteiger partial charge in [-0.05, 0) is 31.5 Å². The van der Waals surface area contributed by atoms with Gasteiger partial charge < -0.3 is 5.32 Å². The molecule has 1 aliphatic rings. The van der Waals surface area contributed by atoms with Crippen molar-refractivity contribution in [2.75, 3.05) is 25.0 Å². The third-order valence-electron chi connectivity index (χ3n) is 3.06. The molecule has 1 aromatic rings. The van der Waals surface area contributed by atoms with Gasteiger partial charge in [0, 0.05) is 19.1 Å². The molecule has 0 heterocycles. The van der Waals surface area contributed by atoms with Crippen molar-refractivity contribution in [2.45, 2.75) is 25.8 Å². The van der Waals surface area contributed by atoms with Gasteiger partial charge in [-0.2, -0.15) is 0 Å². The molecular weight excluding hydrogens is 203 g/mol. The van der Waals surface area contributed by atoms with Gasteiger partial charge in [0.15, 0.2) is 0 Å². The molecule has 0 aromatic heterocycles. The van der Waals surface area contributed by atoms with Gasteiger partial charge in [-0.3, -0.25) is 4.90 Å². The quantitative estimate of drug-likeness (QED) is 0.796. The van der Waals surface area contributed by atoms with Crippen molar-refractivity contribution in [3.63, 3.8) is 0 Å². The van der Waals surface area contributed by atoms with Crippen LogP contribution in [0.5, 0.6) is 0 Å². The highest BCUT2D eigenvalue weighted by Gasteiger charge is 2.27. The van der Waals surface area contributed by atoms with E-state index >= 15 is 0 Å². The number of nitrogens with zero attached hydrogens (tertiary/aromatic N) is 1. The number of nitrogens with one attached hydrogen (secondary N) is 1. The van der Waals surface area contributed by atoms with Crippen LogP contribution in [-0.2, 0) is 0 Å². The topological polar surface area (TPSA) is 15.3 Å². The van der Waals surface area contributed by atoms with Gasteiger partial charge in [0.25, 0.3) is 0 Å². The number of halogens is 1. The molecule has 2 nitrogen and oxygen atoms in total. The third kappa shape index (κ3) is 2.95. The fraction of sp³-hybridized carbons (Fsp3) is 0.538. The molecule has 1 aliphatic carbocycles. The maximum Gasteiger partial charge on any atom is 0.146 e. The Bertz CT molecular complexity index is 336. The normalized spacial score (nSPS) is 15.4. The minimum atomic E-state index is -0.169. The summed E-state index contributed by atoms with van der Waals surface area (Å²) in [7, 11) is 0. The standard InChI is InChI=1S/C13H19FN2/c1-2-16(11-7-8-11)10-9-15-13-6-4-3-5-12(13)14/h3-6,11,15H,2,7-10H2,1H3. The summed E-state index contributed by atoms with van der Waals surface area (Å²) < 4.78 is 13.3.